The van der Waals surface area contributed by atoms with Gasteiger partial charge in [-0.25, -0.2) is 0 Å². The third-order valence-electron chi connectivity index (χ3n) is 1.37. The Balaban J connectivity index is 3.31. The fourth-order valence-electron chi connectivity index (χ4n) is 0.697. The molecule has 1 unspecified atom stereocenters. The van der Waals surface area contributed by atoms with Gasteiger partial charge in [0.1, 0.15) is 6.04 Å². The van der Waals surface area contributed by atoms with Crippen LogP contribution in [0.3, 0.4) is 0 Å². The van der Waals surface area contributed by atoms with Crippen molar-refractivity contribution in [3.63, 3.8) is 0 Å². The molecule has 5 heteroatoms. The molecule has 0 fully saturated rings. The molecule has 5 nitrogen and oxygen atoms in total. The van der Waals surface area contributed by atoms with E-state index in [1.807, 2.05) is 0 Å². The summed E-state index contributed by atoms with van der Waals surface area (Å²) in [5.74, 6) is -0.976. The zero-order valence-electron chi connectivity index (χ0n) is 6.36. The Morgan fingerprint density at radius 1 is 1.27 bits per heavy atom. The van der Waals surface area contributed by atoms with E-state index in [4.69, 9.17) is 22.3 Å². The maximum Gasteiger partial charge on any atom is 0.320 e. The predicted octanol–water partition coefficient (Wildman–Crippen LogP) is -1.19. The first kappa shape index (κ1) is 10.3. The zero-order valence-corrected chi connectivity index (χ0v) is 6.36. The molecule has 0 aliphatic carbocycles. The summed E-state index contributed by atoms with van der Waals surface area (Å²) in [6.07, 6.45) is 1.34. The molecule has 0 aromatic rings. The molecule has 0 rings (SSSR count). The molecule has 11 heavy (non-hydrogen) atoms. The van der Waals surface area contributed by atoms with E-state index in [0.717, 1.165) is 0 Å². The Labute approximate surface area is 65.5 Å². The topological polar surface area (TPSA) is 115 Å². The van der Waals surface area contributed by atoms with Crippen LogP contribution in [-0.4, -0.2) is 23.3 Å². The number of carboxylic acids is 1. The van der Waals surface area contributed by atoms with Crippen molar-refractivity contribution in [3.8, 4) is 0 Å². The van der Waals surface area contributed by atoms with Gasteiger partial charge in [0.2, 0.25) is 0 Å². The van der Waals surface area contributed by atoms with Gasteiger partial charge in [-0.15, -0.1) is 0 Å². The molecule has 0 heterocycles. The summed E-state index contributed by atoms with van der Waals surface area (Å²) in [6, 6.07) is -0.784. The molecule has 0 bridgehead atoms. The third kappa shape index (κ3) is 5.78. The van der Waals surface area contributed by atoms with E-state index >= 15 is 0 Å². The van der Waals surface area contributed by atoms with Gasteiger partial charge in [0.25, 0.3) is 0 Å². The van der Waals surface area contributed by atoms with Crippen molar-refractivity contribution in [1.29, 1.82) is 0 Å². The van der Waals surface area contributed by atoms with Crippen LogP contribution in [0.4, 0.5) is 0 Å². The van der Waals surface area contributed by atoms with Gasteiger partial charge in [-0.05, 0) is 19.3 Å². The summed E-state index contributed by atoms with van der Waals surface area (Å²) in [7, 11) is 0. The molecule has 0 aliphatic heterocycles. The van der Waals surface area contributed by atoms with Gasteiger partial charge in [-0.3, -0.25) is 4.79 Å². The summed E-state index contributed by atoms with van der Waals surface area (Å²) >= 11 is 0. The normalized spacial score (nSPS) is 13.5. The smallest absolute Gasteiger partial charge is 0.320 e. The van der Waals surface area contributed by atoms with E-state index in [9.17, 15) is 4.79 Å². The van der Waals surface area contributed by atoms with Crippen molar-refractivity contribution in [1.82, 2.24) is 0 Å². The number of aliphatic carboxylic acids is 1. The Bertz CT molecular complexity index is 127. The van der Waals surface area contributed by atoms with E-state index in [2.05, 4.69) is 0 Å². The minimum absolute atomic E-state index is 0.365. The second-order valence-corrected chi connectivity index (χ2v) is 2.54. The minimum Gasteiger partial charge on any atom is -0.480 e. The minimum atomic E-state index is -0.976. The van der Waals surface area contributed by atoms with E-state index < -0.39 is 12.0 Å². The number of nitrogens with two attached hydrogens (primary N) is 3. The number of rotatable bonds is 5. The highest BCUT2D eigenvalue weighted by molar-refractivity contribution is 5.72. The van der Waals surface area contributed by atoms with Crippen LogP contribution in [0.5, 0.6) is 0 Å². The number of hydrogen-bond acceptors (Lipinski definition) is 4. The summed E-state index contributed by atoms with van der Waals surface area (Å²) < 4.78 is 0. The number of hydrogen-bond donors (Lipinski definition) is 4. The summed E-state index contributed by atoms with van der Waals surface area (Å²) in [5, 5.41) is 8.36. The molecule has 66 valence electrons. The average Bonchev–Trinajstić information content (AvgIpc) is 1.86. The molecule has 0 radical (unpaired) electrons. The van der Waals surface area contributed by atoms with Crippen LogP contribution >= 0.6 is 0 Å². The number of carboxylic acid groups (broad SMARTS) is 1. The standard InChI is InChI=1S/C6H15N3O2/c7-4(6(10)11)2-1-3-5(8)9/h4-5H,1-3,7-9H2,(H,10,11). The monoisotopic (exact) mass is 161 g/mol. The summed E-state index contributed by atoms with van der Waals surface area (Å²) in [4.78, 5) is 10.2. The first-order valence-electron chi connectivity index (χ1n) is 3.53. The van der Waals surface area contributed by atoms with Gasteiger partial charge in [0, 0.05) is 0 Å². The largest absolute Gasteiger partial charge is 0.480 e. The molecule has 0 aliphatic rings. The Morgan fingerprint density at radius 2 is 1.82 bits per heavy atom. The van der Waals surface area contributed by atoms with Gasteiger partial charge < -0.3 is 22.3 Å². The number of carbonyl (C=O) groups is 1. The van der Waals surface area contributed by atoms with E-state index in [0.29, 0.717) is 19.3 Å². The quantitative estimate of drug-likeness (QED) is 0.378. The summed E-state index contributed by atoms with van der Waals surface area (Å²) in [6.45, 7) is 0. The molecular weight excluding hydrogens is 146 g/mol. The Hall–Kier alpha value is -0.650. The average molecular weight is 161 g/mol. The van der Waals surface area contributed by atoms with Gasteiger partial charge in [0.05, 0.1) is 6.17 Å². The second-order valence-electron chi connectivity index (χ2n) is 2.54. The molecule has 0 amide bonds. The second kappa shape index (κ2) is 5.06. The van der Waals surface area contributed by atoms with Crippen molar-refractivity contribution in [3.05, 3.63) is 0 Å². The Morgan fingerprint density at radius 3 is 2.18 bits per heavy atom. The van der Waals surface area contributed by atoms with Gasteiger partial charge in [0.15, 0.2) is 0 Å². The molecule has 0 saturated heterocycles. The molecular formula is C6H15N3O2. The lowest BCUT2D eigenvalue weighted by atomic mass is 10.1. The molecule has 0 aromatic carbocycles. The zero-order chi connectivity index (χ0) is 8.85. The SMILES string of the molecule is NC(N)CCCC(N)C(=O)O. The van der Waals surface area contributed by atoms with Crippen LogP contribution in [0, 0.1) is 0 Å². The third-order valence-corrected chi connectivity index (χ3v) is 1.37. The van der Waals surface area contributed by atoms with Crippen molar-refractivity contribution >= 4 is 5.97 Å². The van der Waals surface area contributed by atoms with Gasteiger partial charge in [-0.1, -0.05) is 0 Å². The molecule has 0 spiro atoms. The first-order valence-corrected chi connectivity index (χ1v) is 3.53. The van der Waals surface area contributed by atoms with Crippen LogP contribution in [0.15, 0.2) is 0 Å². The maximum atomic E-state index is 10.2. The summed E-state index contributed by atoms with van der Waals surface area (Å²) in [5.41, 5.74) is 15.7. The lowest BCUT2D eigenvalue weighted by Gasteiger charge is -2.07. The molecule has 7 N–H and O–H groups in total. The van der Waals surface area contributed by atoms with E-state index in [1.54, 1.807) is 0 Å². The maximum absolute atomic E-state index is 10.2. The van der Waals surface area contributed by atoms with Gasteiger partial charge in [-0.2, -0.15) is 0 Å². The van der Waals surface area contributed by atoms with E-state index in [1.165, 1.54) is 0 Å². The lowest BCUT2D eigenvalue weighted by Crippen LogP contribution is -2.33. The van der Waals surface area contributed by atoms with Crippen molar-refractivity contribution in [2.24, 2.45) is 17.2 Å². The highest BCUT2D eigenvalue weighted by Gasteiger charge is 2.10. The Kier molecular flexibility index (Phi) is 4.76. The van der Waals surface area contributed by atoms with Crippen molar-refractivity contribution < 1.29 is 9.90 Å². The highest BCUT2D eigenvalue weighted by atomic mass is 16.4. The highest BCUT2D eigenvalue weighted by Crippen LogP contribution is 1.98. The van der Waals surface area contributed by atoms with Crippen molar-refractivity contribution in [2.75, 3.05) is 0 Å². The van der Waals surface area contributed by atoms with Crippen LogP contribution in [0.25, 0.3) is 0 Å². The predicted molar refractivity (Wildman–Crippen MR) is 41.6 cm³/mol. The molecule has 0 saturated carbocycles. The first-order chi connectivity index (χ1) is 5.04. The lowest BCUT2D eigenvalue weighted by molar-refractivity contribution is -0.138. The van der Waals surface area contributed by atoms with Crippen LogP contribution in [0.2, 0.25) is 0 Å². The fraction of sp³-hybridized carbons (Fsp3) is 0.833. The van der Waals surface area contributed by atoms with E-state index in [-0.39, 0.29) is 6.17 Å². The van der Waals surface area contributed by atoms with Gasteiger partial charge >= 0.3 is 5.97 Å². The van der Waals surface area contributed by atoms with Crippen LogP contribution < -0.4 is 17.2 Å². The van der Waals surface area contributed by atoms with Crippen molar-refractivity contribution in [2.45, 2.75) is 31.5 Å². The van der Waals surface area contributed by atoms with Crippen LogP contribution in [0.1, 0.15) is 19.3 Å². The fourth-order valence-corrected chi connectivity index (χ4v) is 0.697. The van der Waals surface area contributed by atoms with Crippen LogP contribution in [-0.2, 0) is 4.79 Å². The molecule has 0 aromatic heterocycles. The molecule has 1 atom stereocenters.